The van der Waals surface area contributed by atoms with E-state index in [-0.39, 0.29) is 12.5 Å². The highest BCUT2D eigenvalue weighted by molar-refractivity contribution is 5.97. The summed E-state index contributed by atoms with van der Waals surface area (Å²) >= 11 is 0. The quantitative estimate of drug-likeness (QED) is 0.507. The summed E-state index contributed by atoms with van der Waals surface area (Å²) in [4.78, 5) is 29.6. The maximum atomic E-state index is 12.5. The van der Waals surface area contributed by atoms with Crippen molar-refractivity contribution in [2.45, 2.75) is 0 Å². The molecule has 0 fully saturated rings. The third-order valence-electron chi connectivity index (χ3n) is 3.92. The van der Waals surface area contributed by atoms with Gasteiger partial charge in [-0.2, -0.15) is 5.10 Å². The number of benzene rings is 1. The van der Waals surface area contributed by atoms with E-state index in [1.54, 1.807) is 24.5 Å². The summed E-state index contributed by atoms with van der Waals surface area (Å²) in [6.07, 6.45) is 4.57. The number of imidazole rings is 1. The van der Waals surface area contributed by atoms with Crippen LogP contribution in [0.4, 0.5) is 11.5 Å². The van der Waals surface area contributed by atoms with Crippen molar-refractivity contribution in [1.82, 2.24) is 30.1 Å². The summed E-state index contributed by atoms with van der Waals surface area (Å²) in [5.41, 5.74) is 3.59. The highest BCUT2D eigenvalue weighted by atomic mass is 16.2. The van der Waals surface area contributed by atoms with E-state index in [1.165, 1.54) is 6.33 Å². The number of hydrogen-bond acceptors (Lipinski definition) is 6. The van der Waals surface area contributed by atoms with Gasteiger partial charge in [0.2, 0.25) is 5.91 Å². The number of amides is 1. The van der Waals surface area contributed by atoms with E-state index in [4.69, 9.17) is 0 Å². The van der Waals surface area contributed by atoms with E-state index in [9.17, 15) is 4.79 Å². The van der Waals surface area contributed by atoms with Crippen LogP contribution in [0.2, 0.25) is 0 Å². The smallest absolute Gasteiger partial charge is 0.244 e. The number of hydrogen-bond donors (Lipinski definition) is 3. The van der Waals surface area contributed by atoms with E-state index in [0.717, 1.165) is 11.3 Å². The summed E-state index contributed by atoms with van der Waals surface area (Å²) in [5, 5.41) is 9.84. The second-order valence-electron chi connectivity index (χ2n) is 5.73. The Balaban J connectivity index is 1.50. The monoisotopic (exact) mass is 348 g/mol. The second-order valence-corrected chi connectivity index (χ2v) is 5.73. The SMILES string of the molecule is CN(CC(=O)Nc1cn[nH]c1-c1ccccc1)c1ncnc2nc[nH]c12. The number of nitrogens with zero attached hydrogens (tertiary/aromatic N) is 5. The van der Waals surface area contributed by atoms with E-state index in [2.05, 4.69) is 35.5 Å². The van der Waals surface area contributed by atoms with Crippen molar-refractivity contribution in [3.8, 4) is 11.3 Å². The molecule has 3 heterocycles. The third-order valence-corrected chi connectivity index (χ3v) is 3.92. The molecule has 1 aromatic carbocycles. The Kier molecular flexibility index (Phi) is 4.02. The molecule has 0 aliphatic heterocycles. The number of likely N-dealkylation sites (N-methyl/N-ethyl adjacent to an activating group) is 1. The average molecular weight is 348 g/mol. The standard InChI is InChI=1S/C17H16N8O/c1-25(17-15-16(19-9-18-15)20-10-21-17)8-13(26)23-12-7-22-24-14(12)11-5-3-2-4-6-11/h2-7,9-10H,8H2,1H3,(H,22,24)(H,23,26)(H,18,19,20,21). The van der Waals surface area contributed by atoms with E-state index >= 15 is 0 Å². The first-order valence-electron chi connectivity index (χ1n) is 7.96. The number of carbonyl (C=O) groups is 1. The summed E-state index contributed by atoms with van der Waals surface area (Å²) in [6, 6.07) is 9.70. The Bertz CT molecular complexity index is 1040. The van der Waals surface area contributed by atoms with Crippen LogP contribution in [0.3, 0.4) is 0 Å². The van der Waals surface area contributed by atoms with Gasteiger partial charge < -0.3 is 15.2 Å². The summed E-state index contributed by atoms with van der Waals surface area (Å²) in [5.74, 6) is 0.426. The lowest BCUT2D eigenvalue weighted by molar-refractivity contribution is -0.114. The zero-order valence-electron chi connectivity index (χ0n) is 14.0. The van der Waals surface area contributed by atoms with Gasteiger partial charge >= 0.3 is 0 Å². The second kappa shape index (κ2) is 6.63. The van der Waals surface area contributed by atoms with Gasteiger partial charge in [0, 0.05) is 12.6 Å². The Morgan fingerprint density at radius 2 is 2.04 bits per heavy atom. The largest absolute Gasteiger partial charge is 0.348 e. The van der Waals surface area contributed by atoms with Gasteiger partial charge in [-0.25, -0.2) is 15.0 Å². The minimum absolute atomic E-state index is 0.116. The lowest BCUT2D eigenvalue weighted by Gasteiger charge is -2.17. The molecule has 0 unspecified atom stereocenters. The molecule has 4 rings (SSSR count). The third kappa shape index (κ3) is 2.97. The van der Waals surface area contributed by atoms with E-state index < -0.39 is 0 Å². The van der Waals surface area contributed by atoms with Crippen LogP contribution in [0.25, 0.3) is 22.4 Å². The molecule has 3 N–H and O–H groups in total. The maximum absolute atomic E-state index is 12.5. The number of aromatic nitrogens is 6. The van der Waals surface area contributed by atoms with Crippen LogP contribution in [0.1, 0.15) is 0 Å². The average Bonchev–Trinajstić information content (AvgIpc) is 3.31. The summed E-state index contributed by atoms with van der Waals surface area (Å²) in [7, 11) is 1.79. The fourth-order valence-corrected chi connectivity index (χ4v) is 2.73. The fraction of sp³-hybridized carbons (Fsp3) is 0.118. The molecule has 26 heavy (non-hydrogen) atoms. The van der Waals surface area contributed by atoms with Crippen molar-refractivity contribution in [3.63, 3.8) is 0 Å². The predicted octanol–water partition coefficient (Wildman–Crippen LogP) is 1.82. The Morgan fingerprint density at radius 3 is 2.88 bits per heavy atom. The molecule has 3 aromatic heterocycles. The molecule has 0 aliphatic rings. The summed E-state index contributed by atoms with van der Waals surface area (Å²) < 4.78 is 0. The topological polar surface area (TPSA) is 115 Å². The minimum Gasteiger partial charge on any atom is -0.348 e. The van der Waals surface area contributed by atoms with Crippen LogP contribution in [0, 0.1) is 0 Å². The number of H-pyrrole nitrogens is 2. The van der Waals surface area contributed by atoms with Crippen LogP contribution in [0.15, 0.2) is 49.2 Å². The van der Waals surface area contributed by atoms with Crippen LogP contribution in [-0.2, 0) is 4.79 Å². The van der Waals surface area contributed by atoms with Crippen LogP contribution < -0.4 is 10.2 Å². The van der Waals surface area contributed by atoms with Crippen molar-refractivity contribution >= 4 is 28.6 Å². The van der Waals surface area contributed by atoms with Crippen LogP contribution in [0.5, 0.6) is 0 Å². The normalized spacial score (nSPS) is 10.8. The number of fused-ring (bicyclic) bond motifs is 1. The van der Waals surface area contributed by atoms with Crippen molar-refractivity contribution in [2.75, 3.05) is 23.8 Å². The molecule has 0 radical (unpaired) electrons. The highest BCUT2D eigenvalue weighted by Gasteiger charge is 2.16. The zero-order chi connectivity index (χ0) is 17.9. The van der Waals surface area contributed by atoms with Gasteiger partial charge in [0.15, 0.2) is 11.5 Å². The van der Waals surface area contributed by atoms with Gasteiger partial charge in [0.1, 0.15) is 11.8 Å². The molecule has 130 valence electrons. The molecule has 9 heteroatoms. The number of anilines is 2. The Labute approximate surface area is 148 Å². The van der Waals surface area contributed by atoms with E-state index in [0.29, 0.717) is 22.7 Å². The minimum atomic E-state index is -0.183. The molecule has 4 aromatic rings. The van der Waals surface area contributed by atoms with Gasteiger partial charge in [-0.1, -0.05) is 30.3 Å². The van der Waals surface area contributed by atoms with Crippen LogP contribution >= 0.6 is 0 Å². The number of carbonyl (C=O) groups excluding carboxylic acids is 1. The van der Waals surface area contributed by atoms with E-state index in [1.807, 2.05) is 30.3 Å². The molecule has 0 atom stereocenters. The maximum Gasteiger partial charge on any atom is 0.244 e. The molecule has 0 saturated heterocycles. The lowest BCUT2D eigenvalue weighted by atomic mass is 10.1. The lowest BCUT2D eigenvalue weighted by Crippen LogP contribution is -2.30. The molecule has 0 bridgehead atoms. The first-order chi connectivity index (χ1) is 12.7. The first kappa shape index (κ1) is 15.8. The Morgan fingerprint density at radius 1 is 1.19 bits per heavy atom. The van der Waals surface area contributed by atoms with Gasteiger partial charge in [0.05, 0.1) is 30.5 Å². The van der Waals surface area contributed by atoms with Gasteiger partial charge in [-0.05, 0) is 0 Å². The molecule has 0 aliphatic carbocycles. The molecular formula is C17H16N8O. The zero-order valence-corrected chi connectivity index (χ0v) is 14.0. The number of rotatable bonds is 5. The predicted molar refractivity (Wildman–Crippen MR) is 97.6 cm³/mol. The van der Waals surface area contributed by atoms with Crippen molar-refractivity contribution < 1.29 is 4.79 Å². The van der Waals surface area contributed by atoms with Crippen molar-refractivity contribution in [3.05, 3.63) is 49.2 Å². The fourth-order valence-electron chi connectivity index (χ4n) is 2.73. The number of aromatic amines is 2. The van der Waals surface area contributed by atoms with Gasteiger partial charge in [-0.15, -0.1) is 0 Å². The summed E-state index contributed by atoms with van der Waals surface area (Å²) in [6.45, 7) is 0.116. The first-order valence-corrected chi connectivity index (χ1v) is 7.96. The molecule has 0 saturated carbocycles. The van der Waals surface area contributed by atoms with Crippen LogP contribution in [-0.4, -0.2) is 49.6 Å². The molecular weight excluding hydrogens is 332 g/mol. The van der Waals surface area contributed by atoms with Crippen molar-refractivity contribution in [1.29, 1.82) is 0 Å². The molecule has 0 spiro atoms. The van der Waals surface area contributed by atoms with Crippen molar-refractivity contribution in [2.24, 2.45) is 0 Å². The van der Waals surface area contributed by atoms with Gasteiger partial charge in [-0.3, -0.25) is 9.89 Å². The Hall–Kier alpha value is -3.75. The molecule has 1 amide bonds. The molecule has 9 nitrogen and oxygen atoms in total. The number of nitrogens with one attached hydrogen (secondary N) is 3. The van der Waals surface area contributed by atoms with Gasteiger partial charge in [0.25, 0.3) is 0 Å². The highest BCUT2D eigenvalue weighted by Crippen LogP contribution is 2.25.